The first-order chi connectivity index (χ1) is 6.31. The number of para-hydroxylation sites is 1. The van der Waals surface area contributed by atoms with Gasteiger partial charge in [-0.15, -0.1) is 23.4 Å². The van der Waals surface area contributed by atoms with Gasteiger partial charge in [-0.2, -0.15) is 0 Å². The summed E-state index contributed by atoms with van der Waals surface area (Å²) >= 11 is 7.18. The zero-order valence-corrected chi connectivity index (χ0v) is 8.36. The van der Waals surface area contributed by atoms with Crippen LogP contribution in [0.1, 0.15) is 0 Å². The minimum absolute atomic E-state index is 0.00120. The molecule has 0 unspecified atom stereocenters. The Kier molecular flexibility index (Phi) is 2.47. The average Bonchev–Trinajstić information content (AvgIpc) is 2.17. The van der Waals surface area contributed by atoms with E-state index in [1.54, 1.807) is 0 Å². The molecule has 2 rings (SSSR count). The number of alkyl halides is 1. The summed E-state index contributed by atoms with van der Waals surface area (Å²) < 4.78 is 0. The van der Waals surface area contributed by atoms with E-state index in [1.807, 2.05) is 24.3 Å². The maximum Gasteiger partial charge on any atom is 0.239 e. The minimum atomic E-state index is -0.156. The standard InChI is InChI=1S/C9H8ClNOS/c10-5-8-9(12)11-6-3-1-2-4-7(6)13-8/h1-4,8H,5H2,(H,11,12)/t8-/m0/s1. The van der Waals surface area contributed by atoms with Crippen LogP contribution in [0.25, 0.3) is 0 Å². The first-order valence-corrected chi connectivity index (χ1v) is 5.35. The molecule has 1 aromatic rings. The van der Waals surface area contributed by atoms with Crippen molar-refractivity contribution in [1.29, 1.82) is 0 Å². The molecule has 68 valence electrons. The number of halogens is 1. The maximum atomic E-state index is 11.4. The van der Waals surface area contributed by atoms with Crippen LogP contribution in [0.4, 0.5) is 5.69 Å². The monoisotopic (exact) mass is 213 g/mol. The molecule has 1 N–H and O–H groups in total. The quantitative estimate of drug-likeness (QED) is 0.726. The lowest BCUT2D eigenvalue weighted by Crippen LogP contribution is -2.30. The Hall–Kier alpha value is -0.670. The van der Waals surface area contributed by atoms with Gasteiger partial charge in [0.05, 0.1) is 5.69 Å². The average molecular weight is 214 g/mol. The fourth-order valence-electron chi connectivity index (χ4n) is 1.19. The predicted octanol–water partition coefficient (Wildman–Crippen LogP) is 2.34. The van der Waals surface area contributed by atoms with Crippen LogP contribution < -0.4 is 5.32 Å². The van der Waals surface area contributed by atoms with Crippen LogP contribution in [0.2, 0.25) is 0 Å². The number of hydrogen-bond acceptors (Lipinski definition) is 2. The molecular weight excluding hydrogens is 206 g/mol. The van der Waals surface area contributed by atoms with Crippen LogP contribution in [0.15, 0.2) is 29.2 Å². The molecule has 1 aromatic carbocycles. The molecule has 0 saturated heterocycles. The number of hydrogen-bond donors (Lipinski definition) is 1. The van der Waals surface area contributed by atoms with Crippen molar-refractivity contribution in [3.8, 4) is 0 Å². The summed E-state index contributed by atoms with van der Waals surface area (Å²) in [6.07, 6.45) is 0. The van der Waals surface area contributed by atoms with E-state index in [4.69, 9.17) is 11.6 Å². The molecule has 0 aromatic heterocycles. The zero-order chi connectivity index (χ0) is 9.26. The van der Waals surface area contributed by atoms with Crippen molar-refractivity contribution in [1.82, 2.24) is 0 Å². The van der Waals surface area contributed by atoms with E-state index in [9.17, 15) is 4.79 Å². The van der Waals surface area contributed by atoms with Gasteiger partial charge >= 0.3 is 0 Å². The summed E-state index contributed by atoms with van der Waals surface area (Å²) in [5, 5.41) is 2.66. The van der Waals surface area contributed by atoms with Gasteiger partial charge in [0.25, 0.3) is 0 Å². The van der Waals surface area contributed by atoms with E-state index in [2.05, 4.69) is 5.32 Å². The van der Waals surface area contributed by atoms with Crippen molar-refractivity contribution >= 4 is 35.0 Å². The summed E-state index contributed by atoms with van der Waals surface area (Å²) in [5.41, 5.74) is 0.888. The number of thioether (sulfide) groups is 1. The first kappa shape index (κ1) is 8.91. The second kappa shape index (κ2) is 3.60. The number of nitrogens with one attached hydrogen (secondary N) is 1. The highest BCUT2D eigenvalue weighted by Gasteiger charge is 2.25. The summed E-state index contributed by atoms with van der Waals surface area (Å²) in [6, 6.07) is 7.74. The van der Waals surface area contributed by atoms with E-state index in [0.717, 1.165) is 10.6 Å². The van der Waals surface area contributed by atoms with Crippen molar-refractivity contribution in [2.24, 2.45) is 0 Å². The SMILES string of the molecule is O=C1Nc2ccccc2S[C@H]1CCl. The van der Waals surface area contributed by atoms with E-state index in [0.29, 0.717) is 5.88 Å². The highest BCUT2D eigenvalue weighted by Crippen LogP contribution is 2.35. The predicted molar refractivity (Wildman–Crippen MR) is 55.4 cm³/mol. The minimum Gasteiger partial charge on any atom is -0.324 e. The summed E-state index contributed by atoms with van der Waals surface area (Å²) in [7, 11) is 0. The topological polar surface area (TPSA) is 29.1 Å². The molecule has 0 saturated carbocycles. The van der Waals surface area contributed by atoms with Gasteiger partial charge in [-0.05, 0) is 12.1 Å². The maximum absolute atomic E-state index is 11.4. The molecule has 2 nitrogen and oxygen atoms in total. The Morgan fingerprint density at radius 3 is 3.00 bits per heavy atom. The van der Waals surface area contributed by atoms with Crippen LogP contribution in [-0.4, -0.2) is 17.0 Å². The fourth-order valence-corrected chi connectivity index (χ4v) is 2.46. The Labute approximate surface area is 85.7 Å². The van der Waals surface area contributed by atoms with Gasteiger partial charge < -0.3 is 5.32 Å². The number of carbonyl (C=O) groups excluding carboxylic acids is 1. The molecular formula is C9H8ClNOS. The molecule has 13 heavy (non-hydrogen) atoms. The number of carbonyl (C=O) groups is 1. The van der Waals surface area contributed by atoms with Gasteiger partial charge in [-0.25, -0.2) is 0 Å². The van der Waals surface area contributed by atoms with Crippen LogP contribution in [-0.2, 0) is 4.79 Å². The summed E-state index contributed by atoms with van der Waals surface area (Å²) in [4.78, 5) is 12.5. The van der Waals surface area contributed by atoms with E-state index in [-0.39, 0.29) is 11.2 Å². The van der Waals surface area contributed by atoms with Crippen molar-refractivity contribution in [2.75, 3.05) is 11.2 Å². The van der Waals surface area contributed by atoms with Gasteiger partial charge in [-0.3, -0.25) is 4.79 Å². The van der Waals surface area contributed by atoms with Gasteiger partial charge in [0, 0.05) is 10.8 Å². The highest BCUT2D eigenvalue weighted by molar-refractivity contribution is 8.01. The normalized spacial score (nSPS) is 20.7. The van der Waals surface area contributed by atoms with Crippen LogP contribution in [0, 0.1) is 0 Å². The van der Waals surface area contributed by atoms with E-state index >= 15 is 0 Å². The lowest BCUT2D eigenvalue weighted by Gasteiger charge is -2.21. The third-order valence-corrected chi connectivity index (χ3v) is 3.61. The van der Waals surface area contributed by atoms with Crippen molar-refractivity contribution in [2.45, 2.75) is 10.1 Å². The molecule has 1 atom stereocenters. The second-order valence-corrected chi connectivity index (χ2v) is 4.30. The van der Waals surface area contributed by atoms with Crippen molar-refractivity contribution in [3.05, 3.63) is 24.3 Å². The molecule has 0 radical (unpaired) electrons. The number of benzene rings is 1. The largest absolute Gasteiger partial charge is 0.324 e. The molecule has 1 amide bonds. The fraction of sp³-hybridized carbons (Fsp3) is 0.222. The molecule has 0 spiro atoms. The molecule has 1 heterocycles. The van der Waals surface area contributed by atoms with Crippen molar-refractivity contribution in [3.63, 3.8) is 0 Å². The molecule has 0 bridgehead atoms. The smallest absolute Gasteiger partial charge is 0.239 e. The lowest BCUT2D eigenvalue weighted by atomic mass is 10.3. The number of rotatable bonds is 1. The third-order valence-electron chi connectivity index (χ3n) is 1.85. The van der Waals surface area contributed by atoms with Gasteiger partial charge in [0.15, 0.2) is 0 Å². The highest BCUT2D eigenvalue weighted by atomic mass is 35.5. The first-order valence-electron chi connectivity index (χ1n) is 3.94. The number of amides is 1. The van der Waals surface area contributed by atoms with E-state index < -0.39 is 0 Å². The summed E-state index contributed by atoms with van der Waals surface area (Å²) in [5.74, 6) is 0.351. The van der Waals surface area contributed by atoms with Gasteiger partial charge in [0.2, 0.25) is 5.91 Å². The molecule has 1 aliphatic heterocycles. The third kappa shape index (κ3) is 1.67. The lowest BCUT2D eigenvalue weighted by molar-refractivity contribution is -0.115. The van der Waals surface area contributed by atoms with Crippen LogP contribution >= 0.6 is 23.4 Å². The van der Waals surface area contributed by atoms with Crippen molar-refractivity contribution < 1.29 is 4.79 Å². The second-order valence-electron chi connectivity index (χ2n) is 2.75. The zero-order valence-electron chi connectivity index (χ0n) is 6.79. The van der Waals surface area contributed by atoms with E-state index in [1.165, 1.54) is 11.8 Å². The van der Waals surface area contributed by atoms with Gasteiger partial charge in [-0.1, -0.05) is 12.1 Å². The number of anilines is 1. The Morgan fingerprint density at radius 2 is 2.23 bits per heavy atom. The molecule has 4 heteroatoms. The molecule has 0 fully saturated rings. The van der Waals surface area contributed by atoms with Gasteiger partial charge in [0.1, 0.15) is 5.25 Å². The summed E-state index contributed by atoms with van der Waals surface area (Å²) in [6.45, 7) is 0. The van der Waals surface area contributed by atoms with Crippen LogP contribution in [0.5, 0.6) is 0 Å². The molecule has 1 aliphatic rings. The van der Waals surface area contributed by atoms with Crippen LogP contribution in [0.3, 0.4) is 0 Å². The Balaban J connectivity index is 2.33. The molecule has 0 aliphatic carbocycles. The Bertz CT molecular complexity index is 342. The number of fused-ring (bicyclic) bond motifs is 1. The Morgan fingerprint density at radius 1 is 1.46 bits per heavy atom.